The van der Waals surface area contributed by atoms with Gasteiger partial charge in [-0.3, -0.25) is 4.57 Å². The van der Waals surface area contributed by atoms with E-state index in [4.69, 9.17) is 15.6 Å². The number of aromatic nitrogens is 4. The van der Waals surface area contributed by atoms with Crippen LogP contribution in [0.4, 0.5) is 5.82 Å². The zero-order valence-electron chi connectivity index (χ0n) is 10.6. The van der Waals surface area contributed by atoms with Gasteiger partial charge in [-0.05, 0) is 5.18 Å². The average Bonchev–Trinajstić information content (AvgIpc) is 3.03. The minimum atomic E-state index is -2.19. The van der Waals surface area contributed by atoms with Gasteiger partial charge in [0.05, 0.1) is 6.61 Å². The Labute approximate surface area is 117 Å². The summed E-state index contributed by atoms with van der Waals surface area (Å²) in [5, 5.41) is 31.9. The number of aliphatic hydroxyl groups is 3. The standard InChI is InChI=1S/C10H12N6O5/c11-8-5-9(13-2-12-8)16(3-14-5)10(15-20)7(19)6(18)4(1-17)21-10/h2-4,6-7,17-19H,1H2,(H2,11,12,13)/t4-,6-,7-,10+/m1/s1. The van der Waals surface area contributed by atoms with Crippen molar-refractivity contribution in [3.05, 3.63) is 17.6 Å². The molecule has 1 fully saturated rings. The van der Waals surface area contributed by atoms with E-state index < -0.39 is 30.8 Å². The molecule has 2 aromatic rings. The third kappa shape index (κ3) is 1.72. The first-order valence-corrected chi connectivity index (χ1v) is 5.98. The molecule has 4 atom stereocenters. The Balaban J connectivity index is 2.19. The summed E-state index contributed by atoms with van der Waals surface area (Å²) in [4.78, 5) is 22.9. The molecule has 11 nitrogen and oxygen atoms in total. The highest BCUT2D eigenvalue weighted by Crippen LogP contribution is 2.38. The van der Waals surface area contributed by atoms with E-state index in [0.717, 1.165) is 17.2 Å². The molecule has 0 amide bonds. The fourth-order valence-corrected chi connectivity index (χ4v) is 2.34. The Morgan fingerprint density at radius 2 is 2.19 bits per heavy atom. The summed E-state index contributed by atoms with van der Waals surface area (Å²) in [5.74, 6) is -2.12. The lowest BCUT2D eigenvalue weighted by Crippen LogP contribution is -2.43. The summed E-state index contributed by atoms with van der Waals surface area (Å²) in [6.07, 6.45) is -2.08. The number of hydrogen-bond donors (Lipinski definition) is 4. The molecule has 0 aliphatic carbocycles. The molecule has 5 N–H and O–H groups in total. The maximum absolute atomic E-state index is 11.3. The number of ether oxygens (including phenoxy) is 1. The molecule has 3 rings (SSSR count). The smallest absolute Gasteiger partial charge is 0.314 e. The van der Waals surface area contributed by atoms with E-state index in [9.17, 15) is 15.1 Å². The molecule has 2 aromatic heterocycles. The zero-order valence-corrected chi connectivity index (χ0v) is 10.6. The number of nitroso groups, excluding NO2 is 1. The van der Waals surface area contributed by atoms with Crippen molar-refractivity contribution in [2.75, 3.05) is 12.3 Å². The lowest BCUT2D eigenvalue weighted by atomic mass is 10.1. The first kappa shape index (κ1) is 13.8. The Morgan fingerprint density at radius 1 is 1.43 bits per heavy atom. The van der Waals surface area contributed by atoms with Gasteiger partial charge in [-0.25, -0.2) is 15.0 Å². The van der Waals surface area contributed by atoms with E-state index in [1.54, 1.807) is 0 Å². The summed E-state index contributed by atoms with van der Waals surface area (Å²) >= 11 is 0. The molecule has 1 aliphatic rings. The molecule has 112 valence electrons. The molecule has 0 bridgehead atoms. The van der Waals surface area contributed by atoms with Crippen molar-refractivity contribution in [2.24, 2.45) is 5.18 Å². The highest BCUT2D eigenvalue weighted by atomic mass is 16.6. The van der Waals surface area contributed by atoms with E-state index in [2.05, 4.69) is 20.1 Å². The van der Waals surface area contributed by atoms with Gasteiger partial charge in [0.1, 0.15) is 30.4 Å². The number of hydrogen-bond acceptors (Lipinski definition) is 10. The first-order chi connectivity index (χ1) is 10.0. The minimum Gasteiger partial charge on any atom is -0.394 e. The fraction of sp³-hybridized carbons (Fsp3) is 0.500. The van der Waals surface area contributed by atoms with E-state index in [1.165, 1.54) is 0 Å². The molecule has 0 radical (unpaired) electrons. The third-order valence-corrected chi connectivity index (χ3v) is 3.43. The van der Waals surface area contributed by atoms with Crippen molar-refractivity contribution < 1.29 is 20.1 Å². The molecule has 0 spiro atoms. The molecule has 11 heteroatoms. The van der Waals surface area contributed by atoms with Crippen molar-refractivity contribution in [1.29, 1.82) is 0 Å². The molecule has 0 saturated carbocycles. The van der Waals surface area contributed by atoms with Crippen LogP contribution < -0.4 is 5.73 Å². The quantitative estimate of drug-likeness (QED) is 0.463. The van der Waals surface area contributed by atoms with E-state index >= 15 is 0 Å². The molecular weight excluding hydrogens is 284 g/mol. The highest BCUT2D eigenvalue weighted by molar-refractivity contribution is 5.81. The molecule has 21 heavy (non-hydrogen) atoms. The van der Waals surface area contributed by atoms with Gasteiger partial charge in [-0.15, -0.1) is 4.91 Å². The lowest BCUT2D eigenvalue weighted by molar-refractivity contribution is -0.140. The van der Waals surface area contributed by atoms with Gasteiger partial charge in [0, 0.05) is 0 Å². The van der Waals surface area contributed by atoms with Crippen LogP contribution in [0, 0.1) is 4.91 Å². The van der Waals surface area contributed by atoms with Crippen molar-refractivity contribution in [1.82, 2.24) is 19.5 Å². The number of rotatable bonds is 3. The van der Waals surface area contributed by atoms with Crippen LogP contribution in [0.1, 0.15) is 0 Å². The molecular formula is C10H12N6O5. The molecule has 0 unspecified atom stereocenters. The summed E-state index contributed by atoms with van der Waals surface area (Å²) in [5.41, 5.74) is 5.94. The maximum Gasteiger partial charge on any atom is 0.314 e. The van der Waals surface area contributed by atoms with Crippen molar-refractivity contribution >= 4 is 17.0 Å². The topological polar surface area (TPSA) is 169 Å². The van der Waals surface area contributed by atoms with Crippen molar-refractivity contribution in [2.45, 2.75) is 24.2 Å². The first-order valence-electron chi connectivity index (χ1n) is 5.98. The normalized spacial score (nSPS) is 32.6. The monoisotopic (exact) mass is 296 g/mol. The van der Waals surface area contributed by atoms with Crippen LogP contribution in [0.5, 0.6) is 0 Å². The summed E-state index contributed by atoms with van der Waals surface area (Å²) in [7, 11) is 0. The Bertz CT molecular complexity index is 692. The predicted octanol–water partition coefficient (Wildman–Crippen LogP) is -2.10. The number of anilines is 1. The predicted molar refractivity (Wildman–Crippen MR) is 67.5 cm³/mol. The van der Waals surface area contributed by atoms with Gasteiger partial charge < -0.3 is 25.8 Å². The van der Waals surface area contributed by atoms with E-state index in [0.29, 0.717) is 0 Å². The number of nitrogens with zero attached hydrogens (tertiary/aromatic N) is 5. The Hall–Kier alpha value is -2.21. The second-order valence-corrected chi connectivity index (χ2v) is 4.57. The van der Waals surface area contributed by atoms with Gasteiger partial charge in [0.15, 0.2) is 17.6 Å². The van der Waals surface area contributed by atoms with Crippen molar-refractivity contribution in [3.8, 4) is 0 Å². The Kier molecular flexibility index (Phi) is 3.06. The van der Waals surface area contributed by atoms with Crippen molar-refractivity contribution in [3.63, 3.8) is 0 Å². The second kappa shape index (κ2) is 4.66. The third-order valence-electron chi connectivity index (χ3n) is 3.43. The van der Waals surface area contributed by atoms with Crippen LogP contribution in [0.25, 0.3) is 11.2 Å². The summed E-state index contributed by atoms with van der Waals surface area (Å²) < 4.78 is 6.31. The fourth-order valence-electron chi connectivity index (χ4n) is 2.34. The van der Waals surface area contributed by atoms with E-state index in [1.807, 2.05) is 0 Å². The number of aliphatic hydroxyl groups excluding tert-OH is 3. The van der Waals surface area contributed by atoms with Gasteiger partial charge >= 0.3 is 5.85 Å². The lowest BCUT2D eigenvalue weighted by Gasteiger charge is -2.25. The Morgan fingerprint density at radius 3 is 2.81 bits per heavy atom. The number of imidazole rings is 1. The zero-order chi connectivity index (χ0) is 15.2. The molecule has 1 aliphatic heterocycles. The molecule has 0 aromatic carbocycles. The average molecular weight is 296 g/mol. The second-order valence-electron chi connectivity index (χ2n) is 4.57. The highest BCUT2D eigenvalue weighted by Gasteiger charge is 2.58. The van der Waals surface area contributed by atoms with Crippen LogP contribution in [0.3, 0.4) is 0 Å². The van der Waals surface area contributed by atoms with Gasteiger partial charge in [0.25, 0.3) is 0 Å². The van der Waals surface area contributed by atoms with Gasteiger partial charge in [0.2, 0.25) is 0 Å². The van der Waals surface area contributed by atoms with E-state index in [-0.39, 0.29) is 17.0 Å². The molecule has 1 saturated heterocycles. The summed E-state index contributed by atoms with van der Waals surface area (Å²) in [6, 6.07) is 0. The molecule has 3 heterocycles. The van der Waals surface area contributed by atoms with Crippen LogP contribution in [-0.4, -0.2) is 59.8 Å². The number of fused-ring (bicyclic) bond motifs is 1. The SMILES string of the molecule is Nc1ncnc2c1ncn2[C@]1(N=O)O[C@H](CO)[C@@H](O)[C@H]1O. The van der Waals surface area contributed by atoms with Gasteiger partial charge in [-0.2, -0.15) is 0 Å². The minimum absolute atomic E-state index is 0.0755. The van der Waals surface area contributed by atoms with Gasteiger partial charge in [-0.1, -0.05) is 0 Å². The van der Waals surface area contributed by atoms with Crippen LogP contribution in [-0.2, 0) is 10.6 Å². The number of nitrogens with two attached hydrogens (primary N) is 1. The largest absolute Gasteiger partial charge is 0.394 e. The maximum atomic E-state index is 11.3. The number of nitrogen functional groups attached to an aromatic ring is 1. The van der Waals surface area contributed by atoms with Crippen LogP contribution >= 0.6 is 0 Å². The van der Waals surface area contributed by atoms with Crippen LogP contribution in [0.15, 0.2) is 17.8 Å². The summed E-state index contributed by atoms with van der Waals surface area (Å²) in [6.45, 7) is -0.598. The van der Waals surface area contributed by atoms with Crippen LogP contribution in [0.2, 0.25) is 0 Å².